The highest BCUT2D eigenvalue weighted by atomic mass is 16.5. The van der Waals surface area contributed by atoms with Gasteiger partial charge in [-0.3, -0.25) is 5.43 Å². The normalized spacial score (nSPS) is 21.2. The van der Waals surface area contributed by atoms with Gasteiger partial charge in [0.15, 0.2) is 0 Å². The molecule has 0 saturated carbocycles. The van der Waals surface area contributed by atoms with E-state index in [1.54, 1.807) is 0 Å². The van der Waals surface area contributed by atoms with E-state index in [0.717, 1.165) is 31.7 Å². The second kappa shape index (κ2) is 9.82. The van der Waals surface area contributed by atoms with Crippen LogP contribution in [0.5, 0.6) is 5.75 Å². The van der Waals surface area contributed by atoms with Crippen LogP contribution in [0.15, 0.2) is 24.3 Å². The van der Waals surface area contributed by atoms with Crippen LogP contribution in [0.4, 0.5) is 0 Å². The van der Waals surface area contributed by atoms with Crippen LogP contribution in [0.1, 0.15) is 57.1 Å². The fourth-order valence-electron chi connectivity index (χ4n) is 2.91. The first-order valence-electron chi connectivity index (χ1n) is 8.72. The topological polar surface area (TPSA) is 45.3 Å². The van der Waals surface area contributed by atoms with Crippen molar-refractivity contribution in [3.05, 3.63) is 29.8 Å². The molecule has 0 aromatic heterocycles. The van der Waals surface area contributed by atoms with Gasteiger partial charge in [-0.05, 0) is 37.6 Å². The third kappa shape index (κ3) is 5.59. The van der Waals surface area contributed by atoms with Crippen LogP contribution in [0.3, 0.4) is 0 Å². The number of hydrazine groups is 1. The minimum absolute atomic E-state index is 0.390. The number of unbranched alkanes of at least 4 members (excludes halogenated alkanes) is 4. The third-order valence-corrected chi connectivity index (χ3v) is 4.23. The Kier molecular flexibility index (Phi) is 7.71. The van der Waals surface area contributed by atoms with Crippen molar-refractivity contribution < 1.29 is 4.74 Å². The fourth-order valence-corrected chi connectivity index (χ4v) is 2.91. The molecule has 1 aliphatic rings. The van der Waals surface area contributed by atoms with E-state index in [-0.39, 0.29) is 0 Å². The summed E-state index contributed by atoms with van der Waals surface area (Å²) in [4.78, 5) is 0. The van der Waals surface area contributed by atoms with Crippen LogP contribution < -0.4 is 20.9 Å². The summed E-state index contributed by atoms with van der Waals surface area (Å²) >= 11 is 0. The first-order valence-corrected chi connectivity index (χ1v) is 8.72. The Labute approximate surface area is 135 Å². The minimum Gasteiger partial charge on any atom is -0.494 e. The predicted molar refractivity (Wildman–Crippen MR) is 92.0 cm³/mol. The van der Waals surface area contributed by atoms with Gasteiger partial charge in [0.1, 0.15) is 5.75 Å². The highest BCUT2D eigenvalue weighted by molar-refractivity contribution is 5.29. The zero-order chi connectivity index (χ0) is 15.6. The first-order chi connectivity index (χ1) is 10.8. The van der Waals surface area contributed by atoms with Crippen molar-refractivity contribution in [1.29, 1.82) is 0 Å². The molecule has 1 saturated heterocycles. The van der Waals surface area contributed by atoms with Crippen LogP contribution in [0.2, 0.25) is 0 Å². The number of nitrogens with one attached hydrogen (secondary N) is 3. The average molecular weight is 305 g/mol. The number of ether oxygens (including phenoxy) is 1. The second-order valence-corrected chi connectivity index (χ2v) is 6.16. The van der Waals surface area contributed by atoms with Gasteiger partial charge in [0, 0.05) is 18.6 Å². The van der Waals surface area contributed by atoms with Gasteiger partial charge in [-0.15, -0.1) is 0 Å². The number of likely N-dealkylation sites (N-methyl/N-ethyl adjacent to an activating group) is 1. The SMILES string of the molecule is CCCCCCCOc1ccc(C2CC(CNC)NN2)cc1. The van der Waals surface area contributed by atoms with Crippen LogP contribution in [-0.2, 0) is 0 Å². The van der Waals surface area contributed by atoms with E-state index in [9.17, 15) is 0 Å². The van der Waals surface area contributed by atoms with Crippen molar-refractivity contribution >= 4 is 0 Å². The largest absolute Gasteiger partial charge is 0.494 e. The van der Waals surface area contributed by atoms with E-state index >= 15 is 0 Å². The van der Waals surface area contributed by atoms with Crippen molar-refractivity contribution in [2.75, 3.05) is 20.2 Å². The molecule has 2 atom stereocenters. The van der Waals surface area contributed by atoms with E-state index in [0.29, 0.717) is 12.1 Å². The summed E-state index contributed by atoms with van der Waals surface area (Å²) in [6.07, 6.45) is 7.50. The summed E-state index contributed by atoms with van der Waals surface area (Å²) < 4.78 is 5.82. The first kappa shape index (κ1) is 17.3. The Morgan fingerprint density at radius 2 is 1.86 bits per heavy atom. The lowest BCUT2D eigenvalue weighted by molar-refractivity contribution is 0.304. The molecule has 3 N–H and O–H groups in total. The van der Waals surface area contributed by atoms with Gasteiger partial charge in [-0.2, -0.15) is 0 Å². The van der Waals surface area contributed by atoms with E-state index in [2.05, 4.69) is 47.4 Å². The maximum atomic E-state index is 5.82. The van der Waals surface area contributed by atoms with Gasteiger partial charge in [0.05, 0.1) is 6.61 Å². The van der Waals surface area contributed by atoms with Gasteiger partial charge in [0.2, 0.25) is 0 Å². The van der Waals surface area contributed by atoms with Crippen LogP contribution >= 0.6 is 0 Å². The second-order valence-electron chi connectivity index (χ2n) is 6.16. The van der Waals surface area contributed by atoms with Crippen molar-refractivity contribution in [1.82, 2.24) is 16.2 Å². The molecule has 124 valence electrons. The molecule has 1 fully saturated rings. The summed E-state index contributed by atoms with van der Waals surface area (Å²) in [5, 5.41) is 3.21. The van der Waals surface area contributed by atoms with Gasteiger partial charge in [0.25, 0.3) is 0 Å². The molecule has 4 heteroatoms. The number of hydrogen-bond donors (Lipinski definition) is 3. The summed E-state index contributed by atoms with van der Waals surface area (Å²) in [5.41, 5.74) is 8.02. The summed E-state index contributed by atoms with van der Waals surface area (Å²) in [6, 6.07) is 9.42. The molecule has 1 heterocycles. The molecule has 1 aromatic rings. The van der Waals surface area contributed by atoms with Gasteiger partial charge < -0.3 is 10.1 Å². The van der Waals surface area contributed by atoms with Crippen molar-refractivity contribution in [3.63, 3.8) is 0 Å². The molecular formula is C18H31N3O. The Hall–Kier alpha value is -1.10. The zero-order valence-electron chi connectivity index (χ0n) is 14.0. The average Bonchev–Trinajstić information content (AvgIpc) is 3.00. The molecule has 2 unspecified atom stereocenters. The summed E-state index contributed by atoms with van der Waals surface area (Å²) in [6.45, 7) is 4.06. The van der Waals surface area contributed by atoms with E-state index in [4.69, 9.17) is 4.74 Å². The molecule has 0 radical (unpaired) electrons. The lowest BCUT2D eigenvalue weighted by atomic mass is 10.0. The number of rotatable bonds is 10. The third-order valence-electron chi connectivity index (χ3n) is 4.23. The zero-order valence-corrected chi connectivity index (χ0v) is 14.0. The molecule has 0 bridgehead atoms. The highest BCUT2D eigenvalue weighted by Gasteiger charge is 2.24. The van der Waals surface area contributed by atoms with Gasteiger partial charge >= 0.3 is 0 Å². The summed E-state index contributed by atoms with van der Waals surface area (Å²) in [5.74, 6) is 0.983. The standard InChI is InChI=1S/C18H31N3O/c1-3-4-5-6-7-12-22-17-10-8-15(9-11-17)18-13-16(14-19-2)20-21-18/h8-11,16,18-21H,3-7,12-14H2,1-2H3. The molecule has 0 aliphatic carbocycles. The van der Waals surface area contributed by atoms with Crippen molar-refractivity contribution in [2.24, 2.45) is 0 Å². The monoisotopic (exact) mass is 305 g/mol. The molecular weight excluding hydrogens is 274 g/mol. The maximum Gasteiger partial charge on any atom is 0.119 e. The van der Waals surface area contributed by atoms with Crippen LogP contribution in [0.25, 0.3) is 0 Å². The van der Waals surface area contributed by atoms with E-state index < -0.39 is 0 Å². The predicted octanol–water partition coefficient (Wildman–Crippen LogP) is 3.16. The Balaban J connectivity index is 1.69. The van der Waals surface area contributed by atoms with Crippen LogP contribution in [-0.4, -0.2) is 26.2 Å². The smallest absolute Gasteiger partial charge is 0.119 e. The molecule has 0 amide bonds. The number of hydrogen-bond acceptors (Lipinski definition) is 4. The minimum atomic E-state index is 0.390. The fraction of sp³-hybridized carbons (Fsp3) is 0.667. The van der Waals surface area contributed by atoms with Crippen LogP contribution in [0, 0.1) is 0 Å². The molecule has 0 spiro atoms. The van der Waals surface area contributed by atoms with Crippen molar-refractivity contribution in [3.8, 4) is 5.75 Å². The molecule has 22 heavy (non-hydrogen) atoms. The summed E-state index contributed by atoms with van der Waals surface area (Å²) in [7, 11) is 1.99. The Bertz CT molecular complexity index is 407. The molecule has 1 aliphatic heterocycles. The lowest BCUT2D eigenvalue weighted by Gasteiger charge is -2.11. The molecule has 1 aromatic carbocycles. The molecule has 2 rings (SSSR count). The Morgan fingerprint density at radius 1 is 1.09 bits per heavy atom. The van der Waals surface area contributed by atoms with E-state index in [1.165, 1.54) is 31.2 Å². The maximum absolute atomic E-state index is 5.82. The number of benzene rings is 1. The lowest BCUT2D eigenvalue weighted by Crippen LogP contribution is -2.36. The Morgan fingerprint density at radius 3 is 2.59 bits per heavy atom. The van der Waals surface area contributed by atoms with Crippen molar-refractivity contribution in [2.45, 2.75) is 57.5 Å². The highest BCUT2D eigenvalue weighted by Crippen LogP contribution is 2.24. The van der Waals surface area contributed by atoms with E-state index in [1.807, 2.05) is 7.05 Å². The quantitative estimate of drug-likeness (QED) is 0.581. The van der Waals surface area contributed by atoms with Gasteiger partial charge in [-0.1, -0.05) is 44.7 Å². The van der Waals surface area contributed by atoms with Gasteiger partial charge in [-0.25, -0.2) is 5.43 Å². The molecule has 4 nitrogen and oxygen atoms in total.